The first-order chi connectivity index (χ1) is 9.93. The molecule has 2 heterocycles. The highest BCUT2D eigenvalue weighted by Gasteiger charge is 2.40. The number of benzene rings is 1. The summed E-state index contributed by atoms with van der Waals surface area (Å²) in [5.41, 5.74) is -0.412. The number of H-pyrrole nitrogens is 1. The van der Waals surface area contributed by atoms with Crippen molar-refractivity contribution in [2.45, 2.75) is 19.0 Å². The minimum atomic E-state index is -0.911. The molecule has 0 saturated carbocycles. The molecule has 3 N–H and O–H groups in total. The average Bonchev–Trinajstić information content (AvgIpc) is 2.87. The number of carbonyl (C=O) groups excluding carboxylic acids is 1. The van der Waals surface area contributed by atoms with Crippen LogP contribution in [-0.2, 0) is 11.3 Å². The van der Waals surface area contributed by atoms with E-state index in [9.17, 15) is 9.59 Å². The zero-order valence-corrected chi connectivity index (χ0v) is 11.8. The van der Waals surface area contributed by atoms with Crippen LogP contribution in [0.25, 0.3) is 10.9 Å². The lowest BCUT2D eigenvalue weighted by molar-refractivity contribution is -0.124. The Balaban J connectivity index is 2.02. The van der Waals surface area contributed by atoms with Gasteiger partial charge < -0.3 is 15.4 Å². The third-order valence-corrected chi connectivity index (χ3v) is 3.62. The molecule has 1 saturated heterocycles. The molecule has 3 rings (SSSR count). The fourth-order valence-corrected chi connectivity index (χ4v) is 2.50. The van der Waals surface area contributed by atoms with Crippen molar-refractivity contribution in [1.29, 1.82) is 0 Å². The monoisotopic (exact) mass is 288 g/mol. The van der Waals surface area contributed by atoms with Gasteiger partial charge in [-0.15, -0.1) is 0 Å². The van der Waals surface area contributed by atoms with Gasteiger partial charge in [0.05, 0.1) is 30.4 Å². The summed E-state index contributed by atoms with van der Waals surface area (Å²) in [6, 6.07) is 5.22. The lowest BCUT2D eigenvalue weighted by Gasteiger charge is -2.21. The predicted octanol–water partition coefficient (Wildman–Crippen LogP) is 0.287. The van der Waals surface area contributed by atoms with Crippen LogP contribution >= 0.6 is 0 Å². The number of carbonyl (C=O) groups is 1. The van der Waals surface area contributed by atoms with E-state index in [0.29, 0.717) is 22.5 Å². The van der Waals surface area contributed by atoms with Crippen LogP contribution in [0.15, 0.2) is 35.4 Å². The van der Waals surface area contributed by atoms with Gasteiger partial charge in [0.2, 0.25) is 0 Å². The van der Waals surface area contributed by atoms with Crippen molar-refractivity contribution >= 4 is 16.8 Å². The van der Waals surface area contributed by atoms with Crippen LogP contribution in [0.5, 0.6) is 5.75 Å². The zero-order chi connectivity index (χ0) is 15.2. The maximum absolute atomic E-state index is 12.4. The number of hydrogen-bond donors (Lipinski definition) is 3. The molecule has 1 amide bonds. The van der Waals surface area contributed by atoms with E-state index in [0.717, 1.165) is 0 Å². The molecule has 1 aliphatic heterocycles. The highest BCUT2D eigenvalue weighted by atomic mass is 16.5. The number of aromatic nitrogens is 2. The predicted molar refractivity (Wildman–Crippen MR) is 77.9 cm³/mol. The molecule has 1 aliphatic rings. The van der Waals surface area contributed by atoms with E-state index >= 15 is 0 Å². The number of nitrogens with one attached hydrogen (secondary N) is 3. The van der Waals surface area contributed by atoms with Crippen LogP contribution in [0, 0.1) is 0 Å². The Bertz CT molecular complexity index is 804. The Kier molecular flexibility index (Phi) is 2.79. The number of rotatable bonds is 3. The van der Waals surface area contributed by atoms with Gasteiger partial charge >= 0.3 is 0 Å². The van der Waals surface area contributed by atoms with Gasteiger partial charge in [-0.05, 0) is 25.1 Å². The number of hydrogen-bond acceptors (Lipinski definition) is 4. The number of aromatic amines is 1. The Labute approximate surface area is 120 Å². The van der Waals surface area contributed by atoms with Crippen molar-refractivity contribution in [1.82, 2.24) is 20.4 Å². The molecule has 1 atom stereocenters. The maximum atomic E-state index is 12.4. The highest BCUT2D eigenvalue weighted by Crippen LogP contribution is 2.18. The molecule has 2 aromatic rings. The van der Waals surface area contributed by atoms with Gasteiger partial charge in [0.15, 0.2) is 0 Å². The van der Waals surface area contributed by atoms with E-state index in [1.54, 1.807) is 32.2 Å². The number of amides is 1. The van der Waals surface area contributed by atoms with E-state index in [-0.39, 0.29) is 18.0 Å². The normalized spacial score (nSPS) is 21.4. The van der Waals surface area contributed by atoms with Gasteiger partial charge in [-0.25, -0.2) is 4.68 Å². The van der Waals surface area contributed by atoms with E-state index in [1.807, 2.05) is 0 Å². The first kappa shape index (κ1) is 13.3. The van der Waals surface area contributed by atoms with Crippen molar-refractivity contribution in [3.8, 4) is 5.75 Å². The Morgan fingerprint density at radius 3 is 2.76 bits per heavy atom. The maximum Gasteiger partial charge on any atom is 0.274 e. The first-order valence-corrected chi connectivity index (χ1v) is 6.48. The highest BCUT2D eigenvalue weighted by molar-refractivity contribution is 5.90. The SMILES string of the molecule is C=C1NC(=O)C(C)(Cn2[nH]c3ccc(OC)cc3c2=O)N1. The van der Waals surface area contributed by atoms with E-state index in [2.05, 4.69) is 22.3 Å². The first-order valence-electron chi connectivity index (χ1n) is 6.48. The second-order valence-electron chi connectivity index (χ2n) is 5.30. The molecule has 7 nitrogen and oxygen atoms in total. The molecule has 0 spiro atoms. The number of ether oxygens (including phenoxy) is 1. The molecule has 0 radical (unpaired) electrons. The molecule has 0 aliphatic carbocycles. The minimum absolute atomic E-state index is 0.174. The summed E-state index contributed by atoms with van der Waals surface area (Å²) in [5, 5.41) is 9.09. The fourth-order valence-electron chi connectivity index (χ4n) is 2.50. The molecule has 0 bridgehead atoms. The smallest absolute Gasteiger partial charge is 0.274 e. The Hall–Kier alpha value is -2.70. The summed E-state index contributed by atoms with van der Waals surface area (Å²) in [5.74, 6) is 0.839. The summed E-state index contributed by atoms with van der Waals surface area (Å²) < 4.78 is 6.53. The average molecular weight is 288 g/mol. The molecular formula is C14H16N4O3. The molecule has 7 heteroatoms. The van der Waals surface area contributed by atoms with Crippen LogP contribution in [0.2, 0.25) is 0 Å². The lowest BCUT2D eigenvalue weighted by atomic mass is 10.0. The number of methoxy groups -OCH3 is 1. The van der Waals surface area contributed by atoms with Crippen LogP contribution < -0.4 is 20.9 Å². The van der Waals surface area contributed by atoms with Crippen LogP contribution in [-0.4, -0.2) is 28.3 Å². The molecule has 1 aromatic carbocycles. The summed E-state index contributed by atoms with van der Waals surface area (Å²) in [7, 11) is 1.55. The second-order valence-corrected chi connectivity index (χ2v) is 5.30. The summed E-state index contributed by atoms with van der Waals surface area (Å²) in [6.45, 7) is 5.57. The van der Waals surface area contributed by atoms with E-state index in [4.69, 9.17) is 4.74 Å². The van der Waals surface area contributed by atoms with Crippen molar-refractivity contribution < 1.29 is 9.53 Å². The van der Waals surface area contributed by atoms with Crippen LogP contribution in [0.3, 0.4) is 0 Å². The third-order valence-electron chi connectivity index (χ3n) is 3.62. The fraction of sp³-hybridized carbons (Fsp3) is 0.286. The second kappa shape index (κ2) is 4.41. The van der Waals surface area contributed by atoms with Gasteiger partial charge in [0, 0.05) is 0 Å². The summed E-state index contributed by atoms with van der Waals surface area (Å²) >= 11 is 0. The van der Waals surface area contributed by atoms with Gasteiger partial charge in [-0.3, -0.25) is 14.7 Å². The van der Waals surface area contributed by atoms with E-state index in [1.165, 1.54) is 4.68 Å². The molecule has 21 heavy (non-hydrogen) atoms. The standard InChI is InChI=1S/C14H16N4O3/c1-8-15-13(20)14(2,16-8)7-18-12(19)10-6-9(21-3)4-5-11(10)17-18/h4-6,16-17H,1,7H2,2-3H3,(H,15,20). The minimum Gasteiger partial charge on any atom is -0.497 e. The summed E-state index contributed by atoms with van der Waals surface area (Å²) in [4.78, 5) is 24.4. The Morgan fingerprint density at radius 2 is 2.14 bits per heavy atom. The topological polar surface area (TPSA) is 88.2 Å². The van der Waals surface area contributed by atoms with Crippen molar-refractivity contribution in [2.24, 2.45) is 0 Å². The van der Waals surface area contributed by atoms with Crippen molar-refractivity contribution in [2.75, 3.05) is 7.11 Å². The number of nitrogens with zero attached hydrogens (tertiary/aromatic N) is 1. The molecule has 1 unspecified atom stereocenters. The van der Waals surface area contributed by atoms with Gasteiger partial charge in [-0.2, -0.15) is 0 Å². The molecule has 110 valence electrons. The molecular weight excluding hydrogens is 272 g/mol. The molecule has 1 aromatic heterocycles. The van der Waals surface area contributed by atoms with Gasteiger partial charge in [-0.1, -0.05) is 6.58 Å². The van der Waals surface area contributed by atoms with Crippen molar-refractivity contribution in [3.63, 3.8) is 0 Å². The largest absolute Gasteiger partial charge is 0.497 e. The van der Waals surface area contributed by atoms with Gasteiger partial charge in [0.25, 0.3) is 11.5 Å². The summed E-state index contributed by atoms with van der Waals surface area (Å²) in [6.07, 6.45) is 0. The quantitative estimate of drug-likeness (QED) is 0.757. The lowest BCUT2D eigenvalue weighted by Crippen LogP contribution is -2.48. The molecule has 1 fully saturated rings. The third kappa shape index (κ3) is 2.06. The number of fused-ring (bicyclic) bond motifs is 1. The van der Waals surface area contributed by atoms with Crippen molar-refractivity contribution in [3.05, 3.63) is 41.0 Å². The van der Waals surface area contributed by atoms with Gasteiger partial charge in [0.1, 0.15) is 11.3 Å². The Morgan fingerprint density at radius 1 is 1.38 bits per heavy atom. The van der Waals surface area contributed by atoms with Crippen LogP contribution in [0.1, 0.15) is 6.92 Å². The zero-order valence-electron chi connectivity index (χ0n) is 11.8. The van der Waals surface area contributed by atoms with Crippen LogP contribution in [0.4, 0.5) is 0 Å². The van der Waals surface area contributed by atoms with E-state index < -0.39 is 5.54 Å².